The summed E-state index contributed by atoms with van der Waals surface area (Å²) in [5.74, 6) is -0.0959. The molecule has 0 bridgehead atoms. The fourth-order valence-corrected chi connectivity index (χ4v) is 2.44. The van der Waals surface area contributed by atoms with Crippen LogP contribution in [0.2, 0.25) is 0 Å². The number of anilines is 2. The number of carbonyl (C=O) groups is 1. The van der Waals surface area contributed by atoms with Gasteiger partial charge >= 0.3 is 0 Å². The van der Waals surface area contributed by atoms with Gasteiger partial charge in [-0.05, 0) is 32.0 Å². The summed E-state index contributed by atoms with van der Waals surface area (Å²) in [6.45, 7) is 3.54. The van der Waals surface area contributed by atoms with Gasteiger partial charge in [0.1, 0.15) is 11.6 Å². The van der Waals surface area contributed by atoms with Gasteiger partial charge in [0.25, 0.3) is 0 Å². The normalized spacial score (nSPS) is 12.2. The molecule has 0 fully saturated rings. The Kier molecular flexibility index (Phi) is 4.46. The molecule has 1 aromatic carbocycles. The van der Waals surface area contributed by atoms with Gasteiger partial charge in [-0.2, -0.15) is 0 Å². The van der Waals surface area contributed by atoms with Crippen LogP contribution in [-0.4, -0.2) is 25.9 Å². The zero-order valence-electron chi connectivity index (χ0n) is 11.9. The summed E-state index contributed by atoms with van der Waals surface area (Å²) < 4.78 is 15.4. The fourth-order valence-electron chi connectivity index (χ4n) is 1.58. The van der Waals surface area contributed by atoms with Crippen LogP contribution in [0.3, 0.4) is 0 Å². The highest BCUT2D eigenvalue weighted by molar-refractivity contribution is 8.00. The van der Waals surface area contributed by atoms with Gasteiger partial charge in [-0.15, -0.1) is 10.2 Å². The summed E-state index contributed by atoms with van der Waals surface area (Å²) in [5.41, 5.74) is 6.04. The van der Waals surface area contributed by atoms with E-state index >= 15 is 0 Å². The van der Waals surface area contributed by atoms with Crippen LogP contribution < -0.4 is 11.1 Å². The van der Waals surface area contributed by atoms with E-state index in [1.54, 1.807) is 11.5 Å². The third-order valence-corrected chi connectivity index (χ3v) is 4.09. The Bertz CT molecular complexity index is 673. The van der Waals surface area contributed by atoms with Crippen LogP contribution in [0.4, 0.5) is 15.8 Å². The van der Waals surface area contributed by atoms with E-state index in [-0.39, 0.29) is 11.6 Å². The molecule has 1 heterocycles. The number of halogens is 1. The van der Waals surface area contributed by atoms with E-state index in [0.29, 0.717) is 10.8 Å². The van der Waals surface area contributed by atoms with Gasteiger partial charge < -0.3 is 15.6 Å². The molecule has 0 saturated heterocycles. The van der Waals surface area contributed by atoms with Crippen molar-refractivity contribution in [3.63, 3.8) is 0 Å². The minimum absolute atomic E-state index is 0.0709. The molecule has 112 valence electrons. The lowest BCUT2D eigenvalue weighted by Gasteiger charge is -2.12. The van der Waals surface area contributed by atoms with Gasteiger partial charge in [0, 0.05) is 12.7 Å². The van der Waals surface area contributed by atoms with Crippen LogP contribution in [0, 0.1) is 12.7 Å². The van der Waals surface area contributed by atoms with Crippen molar-refractivity contribution in [1.82, 2.24) is 14.8 Å². The number of rotatable bonds is 4. The van der Waals surface area contributed by atoms with Crippen LogP contribution >= 0.6 is 11.8 Å². The largest absolute Gasteiger partial charge is 0.399 e. The van der Waals surface area contributed by atoms with Crippen molar-refractivity contribution in [2.75, 3.05) is 11.1 Å². The van der Waals surface area contributed by atoms with Crippen LogP contribution in [0.5, 0.6) is 0 Å². The average molecular weight is 309 g/mol. The number of carbonyl (C=O) groups excluding carboxylic acids is 1. The van der Waals surface area contributed by atoms with Gasteiger partial charge in [-0.3, -0.25) is 4.79 Å². The van der Waals surface area contributed by atoms with E-state index in [0.717, 1.165) is 5.82 Å². The molecule has 0 aliphatic rings. The summed E-state index contributed by atoms with van der Waals surface area (Å²) in [7, 11) is 1.82. The predicted octanol–water partition coefficient (Wildman–Crippen LogP) is 1.96. The maximum absolute atomic E-state index is 13.6. The zero-order valence-corrected chi connectivity index (χ0v) is 12.7. The van der Waals surface area contributed by atoms with E-state index in [1.165, 1.54) is 30.0 Å². The lowest BCUT2D eigenvalue weighted by molar-refractivity contribution is -0.115. The Morgan fingerprint density at radius 3 is 2.81 bits per heavy atom. The van der Waals surface area contributed by atoms with Gasteiger partial charge in [0.2, 0.25) is 5.91 Å². The van der Waals surface area contributed by atoms with Gasteiger partial charge in [-0.25, -0.2) is 4.39 Å². The van der Waals surface area contributed by atoms with Crippen molar-refractivity contribution in [2.45, 2.75) is 24.3 Å². The number of amides is 1. The molecule has 3 N–H and O–H groups in total. The summed E-state index contributed by atoms with van der Waals surface area (Å²) in [4.78, 5) is 12.1. The third kappa shape index (κ3) is 3.52. The van der Waals surface area contributed by atoms with Gasteiger partial charge in [0.15, 0.2) is 5.16 Å². The first-order valence-electron chi connectivity index (χ1n) is 6.27. The number of benzene rings is 1. The molecule has 0 aliphatic heterocycles. The standard InChI is InChI=1S/C13H16FN5OS/c1-7(21-13-18-17-8(2)19(13)3)12(20)16-11-6-9(15)4-5-10(11)14/h4-7H,15H2,1-3H3,(H,16,20). The minimum Gasteiger partial charge on any atom is -0.399 e. The van der Waals surface area contributed by atoms with Crippen molar-refractivity contribution in [3.05, 3.63) is 29.8 Å². The molecule has 1 unspecified atom stereocenters. The molecule has 0 radical (unpaired) electrons. The molecular formula is C13H16FN5OS. The molecule has 2 aromatic rings. The van der Waals surface area contributed by atoms with E-state index in [2.05, 4.69) is 15.5 Å². The third-order valence-electron chi connectivity index (χ3n) is 2.95. The van der Waals surface area contributed by atoms with Crippen molar-refractivity contribution in [1.29, 1.82) is 0 Å². The second-order valence-electron chi connectivity index (χ2n) is 4.58. The number of thioether (sulfide) groups is 1. The van der Waals surface area contributed by atoms with Crippen molar-refractivity contribution < 1.29 is 9.18 Å². The first kappa shape index (κ1) is 15.3. The van der Waals surface area contributed by atoms with E-state index in [9.17, 15) is 9.18 Å². The summed E-state index contributed by atoms with van der Waals surface area (Å²) >= 11 is 1.25. The monoisotopic (exact) mass is 309 g/mol. The molecule has 6 nitrogen and oxygen atoms in total. The smallest absolute Gasteiger partial charge is 0.237 e. The van der Waals surface area contributed by atoms with Crippen molar-refractivity contribution in [3.8, 4) is 0 Å². The van der Waals surface area contributed by atoms with E-state index in [1.807, 2.05) is 14.0 Å². The Morgan fingerprint density at radius 1 is 1.48 bits per heavy atom. The zero-order chi connectivity index (χ0) is 15.6. The summed E-state index contributed by atoms with van der Waals surface area (Å²) in [6.07, 6.45) is 0. The molecule has 0 saturated carbocycles. The molecule has 1 aromatic heterocycles. The molecule has 8 heteroatoms. The highest BCUT2D eigenvalue weighted by Gasteiger charge is 2.19. The Labute approximate surface area is 125 Å². The van der Waals surface area contributed by atoms with E-state index in [4.69, 9.17) is 5.73 Å². The average Bonchev–Trinajstić information content (AvgIpc) is 2.74. The first-order valence-corrected chi connectivity index (χ1v) is 7.15. The number of hydrogen-bond acceptors (Lipinski definition) is 5. The van der Waals surface area contributed by atoms with Crippen molar-refractivity contribution >= 4 is 29.0 Å². The molecule has 0 spiro atoms. The lowest BCUT2D eigenvalue weighted by Crippen LogP contribution is -2.23. The molecule has 21 heavy (non-hydrogen) atoms. The Hall–Kier alpha value is -2.09. The second kappa shape index (κ2) is 6.13. The molecular weight excluding hydrogens is 293 g/mol. The lowest BCUT2D eigenvalue weighted by atomic mass is 10.2. The maximum atomic E-state index is 13.6. The minimum atomic E-state index is -0.524. The number of nitrogen functional groups attached to an aromatic ring is 1. The number of hydrogen-bond donors (Lipinski definition) is 2. The number of nitrogens with zero attached hydrogens (tertiary/aromatic N) is 3. The second-order valence-corrected chi connectivity index (χ2v) is 5.89. The van der Waals surface area contributed by atoms with Crippen LogP contribution in [0.1, 0.15) is 12.7 Å². The topological polar surface area (TPSA) is 85.8 Å². The number of aryl methyl sites for hydroxylation is 1. The van der Waals surface area contributed by atoms with E-state index < -0.39 is 11.1 Å². The fraction of sp³-hybridized carbons (Fsp3) is 0.308. The van der Waals surface area contributed by atoms with Crippen LogP contribution in [0.25, 0.3) is 0 Å². The Balaban J connectivity index is 2.06. The molecule has 0 aliphatic carbocycles. The molecule has 1 atom stereocenters. The van der Waals surface area contributed by atoms with Crippen molar-refractivity contribution in [2.24, 2.45) is 7.05 Å². The van der Waals surface area contributed by atoms with Gasteiger partial charge in [0.05, 0.1) is 10.9 Å². The first-order chi connectivity index (χ1) is 9.88. The summed E-state index contributed by atoms with van der Waals surface area (Å²) in [5, 5.41) is 10.6. The number of nitrogens with two attached hydrogens (primary N) is 1. The number of aromatic nitrogens is 3. The van der Waals surface area contributed by atoms with Gasteiger partial charge in [-0.1, -0.05) is 11.8 Å². The number of nitrogens with one attached hydrogen (secondary N) is 1. The maximum Gasteiger partial charge on any atom is 0.237 e. The highest BCUT2D eigenvalue weighted by Crippen LogP contribution is 2.23. The molecule has 1 amide bonds. The summed E-state index contributed by atoms with van der Waals surface area (Å²) in [6, 6.07) is 4.04. The quantitative estimate of drug-likeness (QED) is 0.666. The van der Waals surface area contributed by atoms with Crippen LogP contribution in [0.15, 0.2) is 23.4 Å². The molecule has 2 rings (SSSR count). The predicted molar refractivity (Wildman–Crippen MR) is 80.5 cm³/mol. The van der Waals surface area contributed by atoms with Crippen LogP contribution in [-0.2, 0) is 11.8 Å². The SMILES string of the molecule is Cc1nnc(SC(C)C(=O)Nc2cc(N)ccc2F)n1C. The Morgan fingerprint density at radius 2 is 2.19 bits per heavy atom. The highest BCUT2D eigenvalue weighted by atomic mass is 32.2.